The number of carbonyl (C=O) groups is 2. The standard InChI is InChI=1S/C15H22N4O2/c1-17(2)14(20)6-8-18-9-11-19(12-10-18)15(21)13-5-3-4-7-16-13/h3-5,7H,6,8-12H2,1-2H3. The second-order valence-corrected chi connectivity index (χ2v) is 5.39. The van der Waals surface area contributed by atoms with Gasteiger partial charge in [0.1, 0.15) is 5.69 Å². The Labute approximate surface area is 125 Å². The van der Waals surface area contributed by atoms with Crippen LogP contribution in [0.4, 0.5) is 0 Å². The fourth-order valence-corrected chi connectivity index (χ4v) is 2.30. The zero-order chi connectivity index (χ0) is 15.2. The maximum absolute atomic E-state index is 12.2. The summed E-state index contributed by atoms with van der Waals surface area (Å²) in [4.78, 5) is 33.6. The molecule has 1 fully saturated rings. The number of carbonyl (C=O) groups excluding carboxylic acids is 2. The Morgan fingerprint density at radius 1 is 1.19 bits per heavy atom. The molecule has 6 nitrogen and oxygen atoms in total. The second-order valence-electron chi connectivity index (χ2n) is 5.39. The van der Waals surface area contributed by atoms with Crippen molar-refractivity contribution in [3.8, 4) is 0 Å². The van der Waals surface area contributed by atoms with Gasteiger partial charge in [-0.2, -0.15) is 0 Å². The molecular formula is C15H22N4O2. The number of hydrogen-bond donors (Lipinski definition) is 0. The third-order valence-corrected chi connectivity index (χ3v) is 3.68. The number of nitrogens with zero attached hydrogens (tertiary/aromatic N) is 4. The van der Waals surface area contributed by atoms with Crippen molar-refractivity contribution in [1.82, 2.24) is 19.7 Å². The molecule has 0 unspecified atom stereocenters. The van der Waals surface area contributed by atoms with Gasteiger partial charge in [-0.15, -0.1) is 0 Å². The summed E-state index contributed by atoms with van der Waals surface area (Å²) in [5.41, 5.74) is 0.494. The summed E-state index contributed by atoms with van der Waals surface area (Å²) < 4.78 is 0. The van der Waals surface area contributed by atoms with Crippen molar-refractivity contribution in [2.24, 2.45) is 0 Å². The Balaban J connectivity index is 1.78. The smallest absolute Gasteiger partial charge is 0.272 e. The molecule has 0 N–H and O–H groups in total. The number of amides is 2. The third-order valence-electron chi connectivity index (χ3n) is 3.68. The molecule has 2 heterocycles. The second kappa shape index (κ2) is 7.17. The molecule has 1 aromatic rings. The van der Waals surface area contributed by atoms with Crippen LogP contribution < -0.4 is 0 Å². The van der Waals surface area contributed by atoms with Gasteiger partial charge in [0.05, 0.1) is 0 Å². The summed E-state index contributed by atoms with van der Waals surface area (Å²) in [5.74, 6) is 0.126. The molecule has 0 aromatic carbocycles. The van der Waals surface area contributed by atoms with Gasteiger partial charge in [0.2, 0.25) is 5.91 Å². The van der Waals surface area contributed by atoms with Gasteiger partial charge in [0.15, 0.2) is 0 Å². The molecule has 1 aliphatic heterocycles. The van der Waals surface area contributed by atoms with E-state index in [1.807, 2.05) is 11.0 Å². The molecule has 0 radical (unpaired) electrons. The van der Waals surface area contributed by atoms with Gasteiger partial charge in [0, 0.05) is 59.4 Å². The van der Waals surface area contributed by atoms with Crippen LogP contribution in [0.1, 0.15) is 16.9 Å². The van der Waals surface area contributed by atoms with E-state index >= 15 is 0 Å². The number of rotatable bonds is 4. The lowest BCUT2D eigenvalue weighted by Crippen LogP contribution is -2.49. The molecular weight excluding hydrogens is 268 g/mol. The number of hydrogen-bond acceptors (Lipinski definition) is 4. The average Bonchev–Trinajstić information content (AvgIpc) is 2.53. The van der Waals surface area contributed by atoms with Crippen LogP contribution in [0.25, 0.3) is 0 Å². The first kappa shape index (κ1) is 15.4. The van der Waals surface area contributed by atoms with Crippen LogP contribution >= 0.6 is 0 Å². The van der Waals surface area contributed by atoms with Gasteiger partial charge in [0.25, 0.3) is 5.91 Å². The Morgan fingerprint density at radius 3 is 2.48 bits per heavy atom. The summed E-state index contributed by atoms with van der Waals surface area (Å²) in [6.07, 6.45) is 2.16. The number of pyridine rings is 1. The Kier molecular flexibility index (Phi) is 5.27. The van der Waals surface area contributed by atoms with E-state index in [0.717, 1.165) is 19.6 Å². The summed E-state index contributed by atoms with van der Waals surface area (Å²) in [5, 5.41) is 0. The number of aromatic nitrogens is 1. The highest BCUT2D eigenvalue weighted by molar-refractivity contribution is 5.92. The van der Waals surface area contributed by atoms with Gasteiger partial charge in [-0.05, 0) is 12.1 Å². The summed E-state index contributed by atoms with van der Waals surface area (Å²) in [6.45, 7) is 3.73. The maximum Gasteiger partial charge on any atom is 0.272 e. The lowest BCUT2D eigenvalue weighted by Gasteiger charge is -2.34. The van der Waals surface area contributed by atoms with E-state index in [4.69, 9.17) is 0 Å². The van der Waals surface area contributed by atoms with Crippen LogP contribution in [0.2, 0.25) is 0 Å². The van der Waals surface area contributed by atoms with Crippen molar-refractivity contribution in [1.29, 1.82) is 0 Å². The van der Waals surface area contributed by atoms with E-state index in [2.05, 4.69) is 9.88 Å². The molecule has 21 heavy (non-hydrogen) atoms. The molecule has 0 bridgehead atoms. The topological polar surface area (TPSA) is 56.8 Å². The van der Waals surface area contributed by atoms with Crippen LogP contribution in [-0.4, -0.2) is 78.3 Å². The van der Waals surface area contributed by atoms with E-state index in [0.29, 0.717) is 25.2 Å². The maximum atomic E-state index is 12.2. The van der Waals surface area contributed by atoms with E-state index in [-0.39, 0.29) is 11.8 Å². The minimum absolute atomic E-state index is 0.0142. The molecule has 1 aliphatic rings. The molecule has 0 saturated carbocycles. The van der Waals surface area contributed by atoms with Crippen LogP contribution in [0.3, 0.4) is 0 Å². The van der Waals surface area contributed by atoms with Crippen molar-refractivity contribution < 1.29 is 9.59 Å². The third kappa shape index (κ3) is 4.26. The Morgan fingerprint density at radius 2 is 1.90 bits per heavy atom. The summed E-state index contributed by atoms with van der Waals surface area (Å²) >= 11 is 0. The molecule has 2 amide bonds. The predicted octanol–water partition coefficient (Wildman–Crippen LogP) is 0.318. The molecule has 1 aromatic heterocycles. The lowest BCUT2D eigenvalue weighted by molar-refractivity contribution is -0.129. The van der Waals surface area contributed by atoms with E-state index < -0.39 is 0 Å². The first-order valence-electron chi connectivity index (χ1n) is 7.21. The minimum atomic E-state index is -0.0142. The van der Waals surface area contributed by atoms with Gasteiger partial charge < -0.3 is 9.80 Å². The molecule has 2 rings (SSSR count). The number of piperazine rings is 1. The highest BCUT2D eigenvalue weighted by Crippen LogP contribution is 2.07. The van der Waals surface area contributed by atoms with E-state index in [9.17, 15) is 9.59 Å². The predicted molar refractivity (Wildman–Crippen MR) is 79.9 cm³/mol. The van der Waals surface area contributed by atoms with Crippen LogP contribution in [0.5, 0.6) is 0 Å². The van der Waals surface area contributed by atoms with Crippen LogP contribution in [0.15, 0.2) is 24.4 Å². The summed E-state index contributed by atoms with van der Waals surface area (Å²) in [7, 11) is 3.54. The molecule has 0 atom stereocenters. The first-order chi connectivity index (χ1) is 10.1. The largest absolute Gasteiger partial charge is 0.349 e. The molecule has 114 valence electrons. The zero-order valence-corrected chi connectivity index (χ0v) is 12.7. The van der Waals surface area contributed by atoms with Crippen molar-refractivity contribution in [2.75, 3.05) is 46.8 Å². The van der Waals surface area contributed by atoms with Crippen molar-refractivity contribution in [2.45, 2.75) is 6.42 Å². The zero-order valence-electron chi connectivity index (χ0n) is 12.7. The molecule has 6 heteroatoms. The Bertz CT molecular complexity index is 482. The average molecular weight is 290 g/mol. The fraction of sp³-hybridized carbons (Fsp3) is 0.533. The minimum Gasteiger partial charge on any atom is -0.349 e. The highest BCUT2D eigenvalue weighted by Gasteiger charge is 2.22. The normalized spacial score (nSPS) is 15.8. The molecule has 0 spiro atoms. The van der Waals surface area contributed by atoms with Crippen molar-refractivity contribution in [3.05, 3.63) is 30.1 Å². The summed E-state index contributed by atoms with van der Waals surface area (Å²) in [6, 6.07) is 5.37. The highest BCUT2D eigenvalue weighted by atomic mass is 16.2. The van der Waals surface area contributed by atoms with Gasteiger partial charge in [-0.25, -0.2) is 0 Å². The van der Waals surface area contributed by atoms with Crippen molar-refractivity contribution in [3.63, 3.8) is 0 Å². The van der Waals surface area contributed by atoms with Crippen LogP contribution in [0, 0.1) is 0 Å². The fourth-order valence-electron chi connectivity index (χ4n) is 2.30. The first-order valence-corrected chi connectivity index (χ1v) is 7.21. The van der Waals surface area contributed by atoms with Gasteiger partial charge in [-0.1, -0.05) is 6.07 Å². The van der Waals surface area contributed by atoms with Gasteiger partial charge in [-0.3, -0.25) is 19.5 Å². The van der Waals surface area contributed by atoms with E-state index in [1.165, 1.54) is 0 Å². The Hall–Kier alpha value is -1.95. The van der Waals surface area contributed by atoms with Gasteiger partial charge >= 0.3 is 0 Å². The molecule has 1 saturated heterocycles. The molecule has 0 aliphatic carbocycles. The SMILES string of the molecule is CN(C)C(=O)CCN1CCN(C(=O)c2ccccn2)CC1. The van der Waals surface area contributed by atoms with E-state index in [1.54, 1.807) is 37.3 Å². The monoisotopic (exact) mass is 290 g/mol. The lowest BCUT2D eigenvalue weighted by atomic mass is 10.2. The van der Waals surface area contributed by atoms with Crippen LogP contribution in [-0.2, 0) is 4.79 Å². The van der Waals surface area contributed by atoms with Crippen molar-refractivity contribution >= 4 is 11.8 Å². The quantitative estimate of drug-likeness (QED) is 0.801.